The molecule has 0 aliphatic rings. The zero-order valence-electron chi connectivity index (χ0n) is 35.0. The van der Waals surface area contributed by atoms with Crippen molar-refractivity contribution in [3.63, 3.8) is 0 Å². The molecule has 2 unspecified atom stereocenters. The molecule has 0 heterocycles. The second-order valence-corrected chi connectivity index (χ2v) is 16.8. The minimum absolute atomic E-state index is 0.0841. The number of esters is 2. The Labute approximate surface area is 347 Å². The van der Waals surface area contributed by atoms with E-state index in [9.17, 15) is 33.8 Å². The number of ether oxygens (including phenoxy) is 2. The van der Waals surface area contributed by atoms with Crippen LogP contribution in [-0.2, 0) is 41.8 Å². The van der Waals surface area contributed by atoms with E-state index < -0.39 is 72.3 Å². The first-order chi connectivity index (χ1) is 27.8. The molecule has 14 nitrogen and oxygen atoms in total. The molecular weight excluding hydrogens is 790 g/mol. The second-order valence-electron chi connectivity index (χ2n) is 14.1. The number of carbonyl (C=O) groups excluding carboxylic acids is 2. The highest BCUT2D eigenvalue weighted by Gasteiger charge is 2.28. The number of aliphatic hydroxyl groups excluding tert-OH is 2. The molecule has 0 radical (unpaired) electrons. The first-order valence-electron chi connectivity index (χ1n) is 21.1. The van der Waals surface area contributed by atoms with Gasteiger partial charge in [0.15, 0.2) is 6.10 Å². The van der Waals surface area contributed by atoms with Gasteiger partial charge < -0.3 is 34.4 Å². The standard InChI is InChI=1S/C42H74O14P2/c1-3-5-7-9-11-12-13-14-15-16-21-25-29-33-42(46)56-40(37-55-58(50,51)54-35-39(44)34-53-57(47,48)49)36-52-41(45)32-28-24-20-18-17-19-23-27-31-38(43)30-26-22-10-8-6-4-2/h6,8,18-20,22-23,26-27,31,38-40,43-44H,3-5,7,9-17,21,24-25,28-30,32-37H2,1-2H3,(H,50,51)(H2,47,48,49)/b8-6-,20-18-,23-19-,26-22-,31-27+/t38?,39-,40+/m0/s1. The van der Waals surface area contributed by atoms with Crippen LogP contribution in [0.2, 0.25) is 0 Å². The van der Waals surface area contributed by atoms with Crippen molar-refractivity contribution in [3.8, 4) is 0 Å². The minimum atomic E-state index is -4.87. The van der Waals surface area contributed by atoms with E-state index in [4.69, 9.17) is 23.8 Å². The highest BCUT2D eigenvalue weighted by Crippen LogP contribution is 2.43. The molecule has 0 aliphatic heterocycles. The number of phosphoric acid groups is 2. The number of hydrogen-bond acceptors (Lipinski definition) is 11. The van der Waals surface area contributed by atoms with Gasteiger partial charge in [0.2, 0.25) is 0 Å². The van der Waals surface area contributed by atoms with E-state index >= 15 is 0 Å². The second kappa shape index (κ2) is 37.8. The zero-order chi connectivity index (χ0) is 43.2. The fourth-order valence-corrected chi connectivity index (χ4v) is 6.45. The van der Waals surface area contributed by atoms with Crippen molar-refractivity contribution in [1.82, 2.24) is 0 Å². The Balaban J connectivity index is 4.68. The highest BCUT2D eigenvalue weighted by atomic mass is 31.2. The predicted octanol–water partition coefficient (Wildman–Crippen LogP) is 9.42. The first kappa shape index (κ1) is 55.8. The van der Waals surface area contributed by atoms with Crippen LogP contribution in [0.4, 0.5) is 0 Å². The summed E-state index contributed by atoms with van der Waals surface area (Å²) < 4.78 is 47.6. The smallest absolute Gasteiger partial charge is 0.462 e. The van der Waals surface area contributed by atoms with E-state index in [0.29, 0.717) is 32.1 Å². The van der Waals surface area contributed by atoms with Crippen molar-refractivity contribution < 1.29 is 66.7 Å². The maximum Gasteiger partial charge on any atom is 0.472 e. The van der Waals surface area contributed by atoms with Crippen LogP contribution in [0.5, 0.6) is 0 Å². The quantitative estimate of drug-likeness (QED) is 0.0128. The molecule has 0 amide bonds. The lowest BCUT2D eigenvalue weighted by atomic mass is 10.0. The number of unbranched alkanes of at least 4 members (excludes halogenated alkanes) is 13. The third-order valence-electron chi connectivity index (χ3n) is 8.49. The third kappa shape index (κ3) is 40.6. The largest absolute Gasteiger partial charge is 0.472 e. The van der Waals surface area contributed by atoms with Crippen LogP contribution in [0, 0.1) is 0 Å². The van der Waals surface area contributed by atoms with E-state index in [1.807, 2.05) is 36.5 Å². The molecule has 0 fully saturated rings. The van der Waals surface area contributed by atoms with Gasteiger partial charge in [-0.2, -0.15) is 0 Å². The van der Waals surface area contributed by atoms with Crippen LogP contribution in [0.15, 0.2) is 60.8 Å². The van der Waals surface area contributed by atoms with Gasteiger partial charge in [0, 0.05) is 12.8 Å². The highest BCUT2D eigenvalue weighted by molar-refractivity contribution is 7.47. The van der Waals surface area contributed by atoms with E-state index in [1.54, 1.807) is 12.2 Å². The first-order valence-corrected chi connectivity index (χ1v) is 24.1. The average molecular weight is 865 g/mol. The lowest BCUT2D eigenvalue weighted by molar-refractivity contribution is -0.161. The number of rotatable bonds is 39. The van der Waals surface area contributed by atoms with Crippen molar-refractivity contribution in [2.75, 3.05) is 26.4 Å². The van der Waals surface area contributed by atoms with E-state index in [0.717, 1.165) is 38.5 Å². The lowest BCUT2D eigenvalue weighted by Gasteiger charge is -2.20. The van der Waals surface area contributed by atoms with Gasteiger partial charge in [-0.3, -0.25) is 23.2 Å². The summed E-state index contributed by atoms with van der Waals surface area (Å²) in [6.45, 7) is 1.48. The monoisotopic (exact) mass is 864 g/mol. The molecule has 4 atom stereocenters. The minimum Gasteiger partial charge on any atom is -0.462 e. The normalized spacial score (nSPS) is 15.2. The molecule has 5 N–H and O–H groups in total. The van der Waals surface area contributed by atoms with E-state index in [1.165, 1.54) is 51.4 Å². The molecule has 0 aromatic rings. The Morgan fingerprint density at radius 3 is 1.78 bits per heavy atom. The van der Waals surface area contributed by atoms with E-state index in [-0.39, 0.29) is 12.8 Å². The Morgan fingerprint density at radius 2 is 1.14 bits per heavy atom. The van der Waals surface area contributed by atoms with Gasteiger partial charge in [-0.15, -0.1) is 0 Å². The summed E-state index contributed by atoms with van der Waals surface area (Å²) in [6, 6.07) is 0. The molecule has 0 saturated carbocycles. The summed E-state index contributed by atoms with van der Waals surface area (Å²) >= 11 is 0. The molecule has 16 heteroatoms. The number of allylic oxidation sites excluding steroid dienone is 8. The predicted molar refractivity (Wildman–Crippen MR) is 227 cm³/mol. The Hall–Kier alpha value is -2.22. The third-order valence-corrected chi connectivity index (χ3v) is 9.93. The Morgan fingerprint density at radius 1 is 0.586 bits per heavy atom. The summed E-state index contributed by atoms with van der Waals surface area (Å²) in [5, 5.41) is 19.7. The van der Waals surface area contributed by atoms with Gasteiger partial charge in [0.1, 0.15) is 12.7 Å². The number of hydrogen-bond donors (Lipinski definition) is 5. The van der Waals surface area contributed by atoms with Crippen molar-refractivity contribution in [3.05, 3.63) is 60.8 Å². The van der Waals surface area contributed by atoms with Crippen molar-refractivity contribution >= 4 is 27.6 Å². The SMILES string of the molecule is CC/C=C\C/C=C\CC(O)/C=C/C=C\C/C=C\CCCC(=O)OC[C@H](COP(=O)(O)OC[C@@H](O)COP(=O)(O)O)OC(=O)CCCCCCCCCCCCCCC. The van der Waals surface area contributed by atoms with Crippen molar-refractivity contribution in [1.29, 1.82) is 0 Å². The van der Waals surface area contributed by atoms with Crippen LogP contribution < -0.4 is 0 Å². The Bertz CT molecular complexity index is 1280. The molecule has 0 aromatic carbocycles. The Kier molecular flexibility index (Phi) is 36.3. The number of phosphoric ester groups is 2. The summed E-state index contributed by atoms with van der Waals surface area (Å²) in [5.74, 6) is -1.14. The van der Waals surface area contributed by atoms with Gasteiger partial charge in [0.05, 0.1) is 25.9 Å². The summed E-state index contributed by atoms with van der Waals surface area (Å²) in [5.41, 5.74) is 0. The zero-order valence-corrected chi connectivity index (χ0v) is 36.8. The fourth-order valence-electron chi connectivity index (χ4n) is 5.29. The molecule has 0 spiro atoms. The van der Waals surface area contributed by atoms with Crippen LogP contribution in [0.3, 0.4) is 0 Å². The summed E-state index contributed by atoms with van der Waals surface area (Å²) in [4.78, 5) is 52.6. The topological polar surface area (TPSA) is 216 Å². The van der Waals surface area contributed by atoms with Crippen molar-refractivity contribution in [2.24, 2.45) is 0 Å². The van der Waals surface area contributed by atoms with Crippen molar-refractivity contribution in [2.45, 2.75) is 167 Å². The number of carbonyl (C=O) groups is 2. The molecule has 0 saturated heterocycles. The van der Waals surface area contributed by atoms with E-state index in [2.05, 4.69) is 35.0 Å². The van der Waals surface area contributed by atoms with Gasteiger partial charge in [0.25, 0.3) is 0 Å². The fraction of sp³-hybridized carbons (Fsp3) is 0.714. The maximum absolute atomic E-state index is 12.6. The molecule has 0 aromatic heterocycles. The molecular formula is C42H74O14P2. The molecule has 0 aliphatic carbocycles. The summed E-state index contributed by atoms with van der Waals surface area (Å²) in [6.07, 6.45) is 35.4. The molecule has 58 heavy (non-hydrogen) atoms. The molecule has 0 bridgehead atoms. The van der Waals surface area contributed by atoms with Crippen LogP contribution in [0.25, 0.3) is 0 Å². The van der Waals surface area contributed by atoms with Gasteiger partial charge in [-0.1, -0.05) is 152 Å². The molecule has 336 valence electrons. The number of aliphatic hydroxyl groups is 2. The summed E-state index contributed by atoms with van der Waals surface area (Å²) in [7, 11) is -9.70. The van der Waals surface area contributed by atoms with Crippen LogP contribution >= 0.6 is 15.6 Å². The van der Waals surface area contributed by atoms with Gasteiger partial charge in [-0.05, 0) is 44.9 Å². The maximum atomic E-state index is 12.6. The molecule has 0 rings (SSSR count). The average Bonchev–Trinajstić information content (AvgIpc) is 3.17. The van der Waals surface area contributed by atoms with Crippen LogP contribution in [-0.4, -0.2) is 81.6 Å². The van der Waals surface area contributed by atoms with Gasteiger partial charge >= 0.3 is 27.6 Å². The lowest BCUT2D eigenvalue weighted by Crippen LogP contribution is -2.30. The van der Waals surface area contributed by atoms with Crippen LogP contribution in [0.1, 0.15) is 149 Å². The van der Waals surface area contributed by atoms with Gasteiger partial charge in [-0.25, -0.2) is 9.13 Å².